The summed E-state index contributed by atoms with van der Waals surface area (Å²) in [6.07, 6.45) is 4.50. The summed E-state index contributed by atoms with van der Waals surface area (Å²) in [6.45, 7) is 0. The van der Waals surface area contributed by atoms with Crippen LogP contribution in [-0.2, 0) is 0 Å². The first-order valence-corrected chi connectivity index (χ1v) is 12.8. The number of nitrogens with zero attached hydrogens (tertiary/aromatic N) is 2. The van der Waals surface area contributed by atoms with Crippen LogP contribution in [0.25, 0.3) is 33.6 Å². The molecule has 4 heterocycles. The lowest BCUT2D eigenvalue weighted by atomic mass is 10.0. The molecule has 8 heteroatoms. The number of imidazole rings is 2. The Hall–Kier alpha value is -3.36. The Kier molecular flexibility index (Phi) is 4.37. The first-order chi connectivity index (χ1) is 17.6. The third-order valence-electron chi connectivity index (χ3n) is 8.42. The van der Waals surface area contributed by atoms with Crippen LogP contribution in [0.15, 0.2) is 48.5 Å². The highest BCUT2D eigenvalue weighted by Gasteiger charge is 2.47. The molecule has 0 amide bonds. The molecule has 0 spiro atoms. The van der Waals surface area contributed by atoms with Crippen LogP contribution in [-0.4, -0.2) is 32.0 Å². The largest absolute Gasteiger partial charge is 0.317 e. The Morgan fingerprint density at radius 1 is 0.556 bits per heavy atom. The molecule has 8 rings (SSSR count). The minimum absolute atomic E-state index is 0.116. The van der Waals surface area contributed by atoms with E-state index in [-0.39, 0.29) is 12.1 Å². The van der Waals surface area contributed by atoms with Crippen molar-refractivity contribution in [2.75, 3.05) is 0 Å². The minimum atomic E-state index is -0.394. The Morgan fingerprint density at radius 2 is 0.944 bits per heavy atom. The summed E-state index contributed by atoms with van der Waals surface area (Å²) in [5, 5.41) is 7.02. The van der Waals surface area contributed by atoms with E-state index in [0.29, 0.717) is 35.1 Å². The van der Waals surface area contributed by atoms with Gasteiger partial charge in [-0.25, -0.2) is 9.97 Å². The van der Waals surface area contributed by atoms with Crippen LogP contribution in [0, 0.1) is 23.7 Å². The van der Waals surface area contributed by atoms with Crippen LogP contribution in [0.3, 0.4) is 0 Å². The van der Waals surface area contributed by atoms with Crippen molar-refractivity contribution < 1.29 is 8.78 Å². The highest BCUT2D eigenvalue weighted by Crippen LogP contribution is 2.46. The monoisotopic (exact) mass is 484 g/mol. The number of benzene rings is 2. The van der Waals surface area contributed by atoms with Gasteiger partial charge < -0.3 is 20.6 Å². The molecule has 2 aliphatic carbocycles. The Labute approximate surface area is 207 Å². The molecule has 4 aromatic rings. The van der Waals surface area contributed by atoms with E-state index < -0.39 is 11.9 Å². The third-order valence-corrected chi connectivity index (χ3v) is 8.42. The van der Waals surface area contributed by atoms with Gasteiger partial charge >= 0.3 is 0 Å². The maximum Gasteiger partial charge on any atom is 0.219 e. The zero-order chi connectivity index (χ0) is 24.0. The second-order valence-electron chi connectivity index (χ2n) is 10.8. The lowest BCUT2D eigenvalue weighted by Crippen LogP contribution is -2.18. The number of piperidine rings is 2. The van der Waals surface area contributed by atoms with Gasteiger partial charge in [0.15, 0.2) is 0 Å². The smallest absolute Gasteiger partial charge is 0.219 e. The summed E-state index contributed by atoms with van der Waals surface area (Å²) in [4.78, 5) is 14.8. The molecule has 6 nitrogen and oxygen atoms in total. The van der Waals surface area contributed by atoms with Crippen molar-refractivity contribution in [1.29, 1.82) is 0 Å². The van der Waals surface area contributed by atoms with Crippen LogP contribution in [0.4, 0.5) is 8.78 Å². The van der Waals surface area contributed by atoms with Crippen molar-refractivity contribution in [1.82, 2.24) is 30.6 Å². The van der Waals surface area contributed by atoms with Crippen molar-refractivity contribution in [2.24, 2.45) is 11.8 Å². The molecular formula is C28H26F2N6. The number of nitrogens with one attached hydrogen (secondary N) is 4. The fourth-order valence-electron chi connectivity index (χ4n) is 6.16. The molecule has 0 bridgehead atoms. The lowest BCUT2D eigenvalue weighted by molar-refractivity contribution is 0.528. The van der Waals surface area contributed by atoms with Crippen molar-refractivity contribution in [2.45, 2.75) is 49.9 Å². The van der Waals surface area contributed by atoms with E-state index in [9.17, 15) is 8.78 Å². The number of aromatic nitrogens is 4. The van der Waals surface area contributed by atoms with Gasteiger partial charge in [0, 0.05) is 23.2 Å². The Balaban J connectivity index is 1.00. The standard InChI is InChI=1S/C28H26F2N6/c29-25-23(33-27(35-25)21-11-17-9-19(17)31-21)15-5-1-13(2-6-15)14-3-7-16(8-4-14)24-26(30)36-28(34-24)22-12-18-10-20(18)32-22/h1-8,17-22,31-32H,9-12H2,(H,33,35)(H,34,36)/t17-,18-,19-,20-,21+,22+/m1/s1. The van der Waals surface area contributed by atoms with Crippen LogP contribution in [0.1, 0.15) is 49.4 Å². The average Bonchev–Trinajstić information content (AvgIpc) is 3.51. The molecule has 2 aliphatic heterocycles. The summed E-state index contributed by atoms with van der Waals surface area (Å²) in [7, 11) is 0. The van der Waals surface area contributed by atoms with Crippen molar-refractivity contribution in [3.05, 3.63) is 72.1 Å². The van der Waals surface area contributed by atoms with Crippen LogP contribution in [0.5, 0.6) is 0 Å². The van der Waals surface area contributed by atoms with E-state index in [0.717, 1.165) is 46.9 Å². The van der Waals surface area contributed by atoms with Gasteiger partial charge in [-0.15, -0.1) is 0 Å². The van der Waals surface area contributed by atoms with Gasteiger partial charge in [-0.05, 0) is 48.6 Å². The number of halogens is 2. The summed E-state index contributed by atoms with van der Waals surface area (Å²) < 4.78 is 29.3. The zero-order valence-electron chi connectivity index (χ0n) is 19.6. The van der Waals surface area contributed by atoms with E-state index in [2.05, 4.69) is 30.6 Å². The second kappa shape index (κ2) is 7.57. The van der Waals surface area contributed by atoms with E-state index in [1.165, 1.54) is 12.8 Å². The molecule has 2 aromatic heterocycles. The number of rotatable bonds is 5. The van der Waals surface area contributed by atoms with Crippen molar-refractivity contribution in [3.63, 3.8) is 0 Å². The van der Waals surface area contributed by atoms with Crippen LogP contribution in [0.2, 0.25) is 0 Å². The van der Waals surface area contributed by atoms with Gasteiger partial charge in [-0.3, -0.25) is 0 Å². The van der Waals surface area contributed by atoms with Gasteiger partial charge in [0.05, 0.1) is 12.1 Å². The van der Waals surface area contributed by atoms with E-state index in [4.69, 9.17) is 0 Å². The molecule has 2 saturated heterocycles. The normalized spacial score (nSPS) is 29.8. The summed E-state index contributed by atoms with van der Waals surface area (Å²) >= 11 is 0. The average molecular weight is 485 g/mol. The van der Waals surface area contributed by atoms with Crippen molar-refractivity contribution in [3.8, 4) is 33.6 Å². The predicted octanol–water partition coefficient (Wildman–Crippen LogP) is 5.26. The predicted molar refractivity (Wildman–Crippen MR) is 132 cm³/mol. The second-order valence-corrected chi connectivity index (χ2v) is 10.8. The fraction of sp³-hybridized carbons (Fsp3) is 0.357. The van der Waals surface area contributed by atoms with E-state index in [1.54, 1.807) is 0 Å². The lowest BCUT2D eigenvalue weighted by Gasteiger charge is -2.09. The number of hydrogen-bond acceptors (Lipinski definition) is 4. The highest BCUT2D eigenvalue weighted by molar-refractivity contribution is 5.71. The van der Waals surface area contributed by atoms with E-state index in [1.807, 2.05) is 48.5 Å². The Morgan fingerprint density at radius 3 is 1.31 bits per heavy atom. The quantitative estimate of drug-likeness (QED) is 0.312. The molecule has 0 radical (unpaired) electrons. The molecule has 2 saturated carbocycles. The van der Waals surface area contributed by atoms with Crippen LogP contribution >= 0.6 is 0 Å². The summed E-state index contributed by atoms with van der Waals surface area (Å²) in [5.74, 6) is 2.02. The topological polar surface area (TPSA) is 81.4 Å². The first-order valence-electron chi connectivity index (χ1n) is 12.8. The summed E-state index contributed by atoms with van der Waals surface area (Å²) in [6, 6.07) is 16.8. The van der Waals surface area contributed by atoms with Crippen molar-refractivity contribution >= 4 is 0 Å². The Bertz CT molecular complexity index is 1320. The van der Waals surface area contributed by atoms with Crippen LogP contribution < -0.4 is 10.6 Å². The molecular weight excluding hydrogens is 458 g/mol. The first kappa shape index (κ1) is 20.8. The molecule has 6 atom stereocenters. The SMILES string of the molecule is Fc1[nH]c([C@@H]2C[C@H]3C[C@H]3N2)nc1-c1ccc(-c2ccc(-c3nc([C@@H]4C[C@H]5C[C@H]5N4)[nH]c3F)cc2)cc1. The number of hydrogen-bond donors (Lipinski definition) is 4. The highest BCUT2D eigenvalue weighted by atomic mass is 19.1. The molecule has 4 aliphatic rings. The summed E-state index contributed by atoms with van der Waals surface area (Å²) in [5.41, 5.74) is 4.18. The molecule has 182 valence electrons. The molecule has 0 unspecified atom stereocenters. The maximum atomic E-state index is 14.7. The third kappa shape index (κ3) is 3.43. The molecule has 4 N–H and O–H groups in total. The van der Waals surface area contributed by atoms with Gasteiger partial charge in [0.2, 0.25) is 11.9 Å². The minimum Gasteiger partial charge on any atom is -0.317 e. The number of fused-ring (bicyclic) bond motifs is 2. The molecule has 2 aromatic carbocycles. The van der Waals surface area contributed by atoms with E-state index >= 15 is 0 Å². The molecule has 36 heavy (non-hydrogen) atoms. The van der Waals surface area contributed by atoms with Gasteiger partial charge in [0.1, 0.15) is 23.0 Å². The zero-order valence-corrected chi connectivity index (χ0v) is 19.6. The van der Waals surface area contributed by atoms with Gasteiger partial charge in [-0.2, -0.15) is 8.78 Å². The number of H-pyrrole nitrogens is 2. The van der Waals surface area contributed by atoms with Gasteiger partial charge in [0.25, 0.3) is 0 Å². The number of aromatic amines is 2. The van der Waals surface area contributed by atoms with Gasteiger partial charge in [-0.1, -0.05) is 48.5 Å². The molecule has 4 fully saturated rings. The maximum absolute atomic E-state index is 14.7. The fourth-order valence-corrected chi connectivity index (χ4v) is 6.16.